The van der Waals surface area contributed by atoms with Gasteiger partial charge in [0.15, 0.2) is 0 Å². The maximum absolute atomic E-state index is 13.3. The fourth-order valence-electron chi connectivity index (χ4n) is 2.77. The van der Waals surface area contributed by atoms with Crippen molar-refractivity contribution in [3.05, 3.63) is 36.3 Å². The lowest BCUT2D eigenvalue weighted by Gasteiger charge is -2.35. The Morgan fingerprint density at radius 2 is 1.91 bits per heavy atom. The van der Waals surface area contributed by atoms with Crippen molar-refractivity contribution in [2.24, 2.45) is 0 Å². The minimum atomic E-state index is -3.13. The first-order chi connectivity index (χ1) is 10.5. The van der Waals surface area contributed by atoms with Crippen LogP contribution in [0.3, 0.4) is 0 Å². The molecule has 0 aliphatic carbocycles. The number of rotatable bonds is 3. The number of pyridine rings is 1. The Balaban J connectivity index is 1.85. The minimum absolute atomic E-state index is 0.129. The van der Waals surface area contributed by atoms with Gasteiger partial charge < -0.3 is 4.90 Å². The van der Waals surface area contributed by atoms with Gasteiger partial charge in [0, 0.05) is 49.5 Å². The molecule has 5 nitrogen and oxygen atoms in total. The van der Waals surface area contributed by atoms with Gasteiger partial charge in [0.2, 0.25) is 10.0 Å². The summed E-state index contributed by atoms with van der Waals surface area (Å²) in [5.41, 5.74) is 1.58. The second-order valence-electron chi connectivity index (χ2n) is 5.28. The SMILES string of the molecule is CCS(=O)(=O)N1CCN(c2ccnc3cc(F)ccc23)CC1. The fraction of sp³-hybridized carbons (Fsp3) is 0.400. The molecular weight excluding hydrogens is 305 g/mol. The third-order valence-electron chi connectivity index (χ3n) is 4.02. The lowest BCUT2D eigenvalue weighted by molar-refractivity contribution is 0.386. The minimum Gasteiger partial charge on any atom is -0.368 e. The normalized spacial score (nSPS) is 17.1. The maximum atomic E-state index is 13.3. The van der Waals surface area contributed by atoms with E-state index in [-0.39, 0.29) is 11.6 Å². The third-order valence-corrected chi connectivity index (χ3v) is 5.90. The molecule has 0 unspecified atom stereocenters. The first kappa shape index (κ1) is 15.2. The molecule has 3 rings (SSSR count). The van der Waals surface area contributed by atoms with Crippen molar-refractivity contribution < 1.29 is 12.8 Å². The molecule has 0 N–H and O–H groups in total. The number of benzene rings is 1. The van der Waals surface area contributed by atoms with E-state index < -0.39 is 10.0 Å². The fourth-order valence-corrected chi connectivity index (χ4v) is 3.86. The first-order valence-corrected chi connectivity index (χ1v) is 8.89. The number of hydrogen-bond acceptors (Lipinski definition) is 4. The molecule has 0 bridgehead atoms. The molecule has 0 atom stereocenters. The van der Waals surface area contributed by atoms with Crippen LogP contribution in [0.15, 0.2) is 30.5 Å². The van der Waals surface area contributed by atoms with Crippen molar-refractivity contribution in [2.45, 2.75) is 6.92 Å². The molecular formula is C15H18FN3O2S. The largest absolute Gasteiger partial charge is 0.368 e. The molecule has 0 amide bonds. The van der Waals surface area contributed by atoms with E-state index in [4.69, 9.17) is 0 Å². The van der Waals surface area contributed by atoms with Crippen LogP contribution >= 0.6 is 0 Å². The summed E-state index contributed by atoms with van der Waals surface area (Å²) in [6, 6.07) is 6.45. The molecule has 1 fully saturated rings. The van der Waals surface area contributed by atoms with Crippen molar-refractivity contribution in [3.63, 3.8) is 0 Å². The predicted octanol–water partition coefficient (Wildman–Crippen LogP) is 1.85. The van der Waals surface area contributed by atoms with Crippen LogP contribution in [0.25, 0.3) is 10.9 Å². The summed E-state index contributed by atoms with van der Waals surface area (Å²) in [6.07, 6.45) is 1.66. The Labute approximate surface area is 129 Å². The van der Waals surface area contributed by atoms with E-state index in [0.717, 1.165) is 11.1 Å². The van der Waals surface area contributed by atoms with Gasteiger partial charge >= 0.3 is 0 Å². The standard InChI is InChI=1S/C15H18FN3O2S/c1-2-22(20,21)19-9-7-18(8-10-19)15-5-6-17-14-11-12(16)3-4-13(14)15/h3-6,11H,2,7-10H2,1H3. The lowest BCUT2D eigenvalue weighted by Crippen LogP contribution is -2.49. The molecule has 7 heteroatoms. The van der Waals surface area contributed by atoms with Crippen molar-refractivity contribution in [2.75, 3.05) is 36.8 Å². The highest BCUT2D eigenvalue weighted by Gasteiger charge is 2.26. The smallest absolute Gasteiger partial charge is 0.213 e. The van der Waals surface area contributed by atoms with E-state index in [0.29, 0.717) is 31.7 Å². The summed E-state index contributed by atoms with van der Waals surface area (Å²) in [5, 5.41) is 0.885. The van der Waals surface area contributed by atoms with Gasteiger partial charge in [-0.1, -0.05) is 0 Å². The highest BCUT2D eigenvalue weighted by atomic mass is 32.2. The third kappa shape index (κ3) is 2.78. The van der Waals surface area contributed by atoms with Crippen LogP contribution in [0.5, 0.6) is 0 Å². The van der Waals surface area contributed by atoms with Crippen LogP contribution in [0.1, 0.15) is 6.92 Å². The van der Waals surface area contributed by atoms with Crippen molar-refractivity contribution in [1.82, 2.24) is 9.29 Å². The summed E-state index contributed by atoms with van der Waals surface area (Å²) < 4.78 is 38.6. The van der Waals surface area contributed by atoms with E-state index in [9.17, 15) is 12.8 Å². The van der Waals surface area contributed by atoms with Gasteiger partial charge in [0.1, 0.15) is 5.82 Å². The van der Waals surface area contributed by atoms with Crippen molar-refractivity contribution >= 4 is 26.6 Å². The van der Waals surface area contributed by atoms with Gasteiger partial charge in [-0.3, -0.25) is 4.98 Å². The Morgan fingerprint density at radius 1 is 1.18 bits per heavy atom. The molecule has 2 aromatic rings. The number of hydrogen-bond donors (Lipinski definition) is 0. The van der Waals surface area contributed by atoms with Crippen LogP contribution in [0.2, 0.25) is 0 Å². The Kier molecular flexibility index (Phi) is 4.01. The molecule has 1 aromatic heterocycles. The van der Waals surface area contributed by atoms with Gasteiger partial charge in [-0.2, -0.15) is 4.31 Å². The summed E-state index contributed by atoms with van der Waals surface area (Å²) in [6.45, 7) is 3.85. The Morgan fingerprint density at radius 3 is 2.59 bits per heavy atom. The zero-order chi connectivity index (χ0) is 15.7. The number of halogens is 1. The van der Waals surface area contributed by atoms with E-state index in [1.165, 1.54) is 16.4 Å². The van der Waals surface area contributed by atoms with Crippen LogP contribution in [0, 0.1) is 5.82 Å². The molecule has 0 spiro atoms. The highest BCUT2D eigenvalue weighted by molar-refractivity contribution is 7.89. The number of nitrogens with zero attached hydrogens (tertiary/aromatic N) is 3. The highest BCUT2D eigenvalue weighted by Crippen LogP contribution is 2.27. The molecule has 1 aliphatic heterocycles. The van der Waals surface area contributed by atoms with Crippen LogP contribution in [-0.2, 0) is 10.0 Å². The number of anilines is 1. The zero-order valence-corrected chi connectivity index (χ0v) is 13.2. The topological polar surface area (TPSA) is 53.5 Å². The average Bonchev–Trinajstić information content (AvgIpc) is 2.54. The number of fused-ring (bicyclic) bond motifs is 1. The van der Waals surface area contributed by atoms with Gasteiger partial charge in [-0.25, -0.2) is 12.8 Å². The molecule has 22 heavy (non-hydrogen) atoms. The van der Waals surface area contributed by atoms with Crippen LogP contribution < -0.4 is 4.90 Å². The molecule has 118 valence electrons. The van der Waals surface area contributed by atoms with E-state index >= 15 is 0 Å². The molecule has 0 radical (unpaired) electrons. The predicted molar refractivity (Wildman–Crippen MR) is 84.9 cm³/mol. The summed E-state index contributed by atoms with van der Waals surface area (Å²) in [5.74, 6) is -0.180. The first-order valence-electron chi connectivity index (χ1n) is 7.28. The number of sulfonamides is 1. The zero-order valence-electron chi connectivity index (χ0n) is 12.4. The van der Waals surface area contributed by atoms with Crippen LogP contribution in [0.4, 0.5) is 10.1 Å². The summed E-state index contributed by atoms with van der Waals surface area (Å²) in [7, 11) is -3.13. The molecule has 1 aromatic carbocycles. The quantitative estimate of drug-likeness (QED) is 0.865. The second kappa shape index (κ2) is 5.81. The van der Waals surface area contributed by atoms with Gasteiger partial charge in [0.25, 0.3) is 0 Å². The van der Waals surface area contributed by atoms with E-state index in [1.54, 1.807) is 19.2 Å². The van der Waals surface area contributed by atoms with Gasteiger partial charge in [-0.05, 0) is 25.1 Å². The molecule has 1 aliphatic rings. The Hall–Kier alpha value is -1.73. The molecule has 1 saturated heterocycles. The average molecular weight is 323 g/mol. The molecule has 0 saturated carbocycles. The second-order valence-corrected chi connectivity index (χ2v) is 7.54. The maximum Gasteiger partial charge on any atom is 0.213 e. The van der Waals surface area contributed by atoms with Crippen LogP contribution in [-0.4, -0.2) is 49.6 Å². The number of piperazine rings is 1. The summed E-state index contributed by atoms with van der Waals surface area (Å²) >= 11 is 0. The van der Waals surface area contributed by atoms with Crippen molar-refractivity contribution in [3.8, 4) is 0 Å². The van der Waals surface area contributed by atoms with Gasteiger partial charge in [-0.15, -0.1) is 0 Å². The number of aromatic nitrogens is 1. The Bertz CT molecular complexity index is 786. The lowest BCUT2D eigenvalue weighted by atomic mass is 10.1. The summed E-state index contributed by atoms with van der Waals surface area (Å²) in [4.78, 5) is 6.32. The molecule has 2 heterocycles. The van der Waals surface area contributed by atoms with E-state index in [1.807, 2.05) is 6.07 Å². The monoisotopic (exact) mass is 323 g/mol. The van der Waals surface area contributed by atoms with E-state index in [2.05, 4.69) is 9.88 Å². The van der Waals surface area contributed by atoms with Crippen molar-refractivity contribution in [1.29, 1.82) is 0 Å². The van der Waals surface area contributed by atoms with Gasteiger partial charge in [0.05, 0.1) is 11.3 Å².